The predicted molar refractivity (Wildman–Crippen MR) is 106 cm³/mol. The molecule has 1 aliphatic rings. The molecule has 0 saturated carbocycles. The molecule has 5 heteroatoms. The smallest absolute Gasteiger partial charge is 0.319 e. The maximum absolute atomic E-state index is 12.8. The molecule has 0 unspecified atom stereocenters. The van der Waals surface area contributed by atoms with Crippen LogP contribution in [0.3, 0.4) is 0 Å². The Hall–Kier alpha value is -2.37. The van der Waals surface area contributed by atoms with Gasteiger partial charge in [-0.3, -0.25) is 4.90 Å². The van der Waals surface area contributed by atoms with E-state index < -0.39 is 0 Å². The van der Waals surface area contributed by atoms with Crippen LogP contribution < -0.4 is 5.32 Å². The fraction of sp³-hybridized carbons (Fsp3) is 0.381. The van der Waals surface area contributed by atoms with Gasteiger partial charge in [0, 0.05) is 51.5 Å². The molecule has 1 fully saturated rings. The fourth-order valence-corrected chi connectivity index (χ4v) is 3.11. The molecule has 0 aromatic heterocycles. The molecule has 1 heterocycles. The first-order valence-electron chi connectivity index (χ1n) is 9.26. The average molecular weight is 352 g/mol. The third-order valence-electron chi connectivity index (χ3n) is 4.81. The first-order valence-corrected chi connectivity index (χ1v) is 9.26. The van der Waals surface area contributed by atoms with Gasteiger partial charge in [-0.15, -0.1) is 0 Å². The Kier molecular flexibility index (Phi) is 6.63. The lowest BCUT2D eigenvalue weighted by Crippen LogP contribution is -2.48. The normalized spacial score (nSPS) is 15.6. The van der Waals surface area contributed by atoms with E-state index in [0.29, 0.717) is 6.54 Å². The van der Waals surface area contributed by atoms with Gasteiger partial charge in [-0.05, 0) is 24.7 Å². The zero-order valence-corrected chi connectivity index (χ0v) is 15.5. The van der Waals surface area contributed by atoms with Gasteiger partial charge in [0.15, 0.2) is 0 Å². The van der Waals surface area contributed by atoms with Crippen molar-refractivity contribution >= 4 is 11.7 Å². The van der Waals surface area contributed by atoms with Gasteiger partial charge in [0.25, 0.3) is 0 Å². The van der Waals surface area contributed by atoms with E-state index >= 15 is 0 Å². The molecule has 1 saturated heterocycles. The van der Waals surface area contributed by atoms with Gasteiger partial charge in [-0.1, -0.05) is 48.5 Å². The van der Waals surface area contributed by atoms with E-state index in [1.54, 1.807) is 0 Å². The predicted octanol–water partition coefficient (Wildman–Crippen LogP) is 2.97. The van der Waals surface area contributed by atoms with Crippen LogP contribution in [0, 0.1) is 0 Å². The number of hydrogen-bond acceptors (Lipinski definition) is 3. The quantitative estimate of drug-likeness (QED) is 0.869. The van der Waals surface area contributed by atoms with E-state index in [1.807, 2.05) is 53.4 Å². The second-order valence-electron chi connectivity index (χ2n) is 6.85. The summed E-state index contributed by atoms with van der Waals surface area (Å²) in [7, 11) is 2.16. The summed E-state index contributed by atoms with van der Waals surface area (Å²) >= 11 is 0. The van der Waals surface area contributed by atoms with Gasteiger partial charge in [0.1, 0.15) is 0 Å². The summed E-state index contributed by atoms with van der Waals surface area (Å²) in [6, 6.07) is 19.8. The number of benzene rings is 2. The van der Waals surface area contributed by atoms with Crippen molar-refractivity contribution < 1.29 is 4.79 Å². The zero-order valence-electron chi connectivity index (χ0n) is 15.5. The summed E-state index contributed by atoms with van der Waals surface area (Å²) < 4.78 is 0. The minimum absolute atomic E-state index is 0.0471. The summed E-state index contributed by atoms with van der Waals surface area (Å²) in [5.41, 5.74) is 1.98. The molecule has 2 amide bonds. The number of likely N-dealkylation sites (N-methyl/N-ethyl adjacent to an activating group) is 1. The monoisotopic (exact) mass is 352 g/mol. The van der Waals surface area contributed by atoms with E-state index in [0.717, 1.165) is 50.5 Å². The highest BCUT2D eigenvalue weighted by molar-refractivity contribution is 5.89. The number of para-hydroxylation sites is 1. The number of nitrogens with zero attached hydrogens (tertiary/aromatic N) is 3. The van der Waals surface area contributed by atoms with Gasteiger partial charge in [-0.2, -0.15) is 0 Å². The van der Waals surface area contributed by atoms with Crippen molar-refractivity contribution in [2.24, 2.45) is 0 Å². The maximum atomic E-state index is 12.8. The standard InChI is InChI=1S/C21H28N4O/c1-23-12-14-24(15-13-23)16-17-25(18-19-8-4-2-5-9-19)21(26)22-20-10-6-3-7-11-20/h2-11H,12-18H2,1H3,(H,22,26). The molecule has 138 valence electrons. The van der Waals surface area contributed by atoms with E-state index in [4.69, 9.17) is 0 Å². The lowest BCUT2D eigenvalue weighted by atomic mass is 10.2. The Morgan fingerprint density at radius 1 is 0.962 bits per heavy atom. The van der Waals surface area contributed by atoms with Crippen LogP contribution in [0.2, 0.25) is 0 Å². The number of hydrogen-bond donors (Lipinski definition) is 1. The highest BCUT2D eigenvalue weighted by Gasteiger charge is 2.18. The number of carbonyl (C=O) groups excluding carboxylic acids is 1. The van der Waals surface area contributed by atoms with Crippen LogP contribution in [0.25, 0.3) is 0 Å². The number of anilines is 1. The molecule has 1 aliphatic heterocycles. The lowest BCUT2D eigenvalue weighted by molar-refractivity contribution is 0.138. The van der Waals surface area contributed by atoms with Crippen LogP contribution >= 0.6 is 0 Å². The largest absolute Gasteiger partial charge is 0.322 e. The topological polar surface area (TPSA) is 38.8 Å². The minimum Gasteiger partial charge on any atom is -0.319 e. The van der Waals surface area contributed by atoms with E-state index in [2.05, 4.69) is 34.3 Å². The molecule has 0 bridgehead atoms. The number of urea groups is 1. The Labute approximate surface area is 156 Å². The van der Waals surface area contributed by atoms with Gasteiger partial charge >= 0.3 is 6.03 Å². The molecule has 3 rings (SSSR count). The molecule has 0 atom stereocenters. The van der Waals surface area contributed by atoms with Crippen molar-refractivity contribution in [3.8, 4) is 0 Å². The van der Waals surface area contributed by atoms with E-state index in [9.17, 15) is 4.79 Å². The van der Waals surface area contributed by atoms with Crippen molar-refractivity contribution in [2.75, 3.05) is 51.6 Å². The van der Waals surface area contributed by atoms with Crippen LogP contribution in [-0.4, -0.2) is 67.0 Å². The third kappa shape index (κ3) is 5.58. The molecule has 2 aromatic carbocycles. The minimum atomic E-state index is -0.0471. The molecule has 26 heavy (non-hydrogen) atoms. The molecule has 0 radical (unpaired) electrons. The highest BCUT2D eigenvalue weighted by Crippen LogP contribution is 2.10. The third-order valence-corrected chi connectivity index (χ3v) is 4.81. The second kappa shape index (κ2) is 9.36. The van der Waals surface area contributed by atoms with Crippen molar-refractivity contribution in [3.05, 3.63) is 66.2 Å². The van der Waals surface area contributed by atoms with Crippen molar-refractivity contribution in [1.82, 2.24) is 14.7 Å². The summed E-state index contributed by atoms with van der Waals surface area (Å²) in [6.45, 7) is 6.56. The Morgan fingerprint density at radius 2 is 1.58 bits per heavy atom. The maximum Gasteiger partial charge on any atom is 0.322 e. The van der Waals surface area contributed by atoms with Crippen molar-refractivity contribution in [3.63, 3.8) is 0 Å². The SMILES string of the molecule is CN1CCN(CCN(Cc2ccccc2)C(=O)Nc2ccccc2)CC1. The van der Waals surface area contributed by atoms with Crippen molar-refractivity contribution in [1.29, 1.82) is 0 Å². The second-order valence-corrected chi connectivity index (χ2v) is 6.85. The summed E-state index contributed by atoms with van der Waals surface area (Å²) in [5, 5.41) is 3.02. The number of rotatable bonds is 6. The van der Waals surface area contributed by atoms with Crippen LogP contribution in [-0.2, 0) is 6.54 Å². The molecule has 2 aromatic rings. The molecule has 5 nitrogen and oxygen atoms in total. The summed E-state index contributed by atoms with van der Waals surface area (Å²) in [5.74, 6) is 0. The first kappa shape index (κ1) is 18.4. The number of amides is 2. The highest BCUT2D eigenvalue weighted by atomic mass is 16.2. The lowest BCUT2D eigenvalue weighted by Gasteiger charge is -2.34. The van der Waals surface area contributed by atoms with Crippen LogP contribution in [0.15, 0.2) is 60.7 Å². The Morgan fingerprint density at radius 3 is 2.23 bits per heavy atom. The molecule has 1 N–H and O–H groups in total. The van der Waals surface area contributed by atoms with Crippen LogP contribution in [0.1, 0.15) is 5.56 Å². The fourth-order valence-electron chi connectivity index (χ4n) is 3.11. The van der Waals surface area contributed by atoms with Gasteiger partial charge in [0.05, 0.1) is 0 Å². The first-order chi connectivity index (χ1) is 12.7. The summed E-state index contributed by atoms with van der Waals surface area (Å²) in [6.07, 6.45) is 0. The molecule has 0 aliphatic carbocycles. The molecular weight excluding hydrogens is 324 g/mol. The van der Waals surface area contributed by atoms with Gasteiger partial charge < -0.3 is 15.1 Å². The van der Waals surface area contributed by atoms with Crippen LogP contribution in [0.5, 0.6) is 0 Å². The molecular formula is C21H28N4O. The van der Waals surface area contributed by atoms with Gasteiger partial charge in [-0.25, -0.2) is 4.79 Å². The average Bonchev–Trinajstić information content (AvgIpc) is 2.68. The zero-order chi connectivity index (χ0) is 18.2. The molecule has 0 spiro atoms. The van der Waals surface area contributed by atoms with Crippen LogP contribution in [0.4, 0.5) is 10.5 Å². The summed E-state index contributed by atoms with van der Waals surface area (Å²) in [4.78, 5) is 19.5. The Bertz CT molecular complexity index is 669. The van der Waals surface area contributed by atoms with Gasteiger partial charge in [0.2, 0.25) is 0 Å². The van der Waals surface area contributed by atoms with Crippen molar-refractivity contribution in [2.45, 2.75) is 6.54 Å². The van der Waals surface area contributed by atoms with E-state index in [1.165, 1.54) is 0 Å². The number of piperazine rings is 1. The number of nitrogens with one attached hydrogen (secondary N) is 1. The number of carbonyl (C=O) groups is 1. The Balaban J connectivity index is 1.62. The van der Waals surface area contributed by atoms with E-state index in [-0.39, 0.29) is 6.03 Å².